The Morgan fingerprint density at radius 1 is 1.40 bits per heavy atom. The number of carbonyl (C=O) groups is 1. The molecule has 1 N–H and O–H groups in total. The van der Waals surface area contributed by atoms with Crippen LogP contribution in [0, 0.1) is 5.92 Å². The molecule has 3 nitrogen and oxygen atoms in total. The van der Waals surface area contributed by atoms with E-state index in [1.807, 2.05) is 20.8 Å². The van der Waals surface area contributed by atoms with Crippen molar-refractivity contribution < 1.29 is 18.0 Å². The largest absolute Gasteiger partial charge is 0.411 e. The van der Waals surface area contributed by atoms with E-state index in [1.54, 1.807) is 0 Å². The van der Waals surface area contributed by atoms with Crippen molar-refractivity contribution in [2.24, 2.45) is 5.92 Å². The lowest BCUT2D eigenvalue weighted by Gasteiger charge is -2.34. The standard InChI is InChI=1S/C14H23F3N2O/c1-4-6-10-18-11(9(3)5-2)12(20)19(10)13(7-8-13)14(15,16)17/h9-11,18H,4-8H2,1-3H3. The summed E-state index contributed by atoms with van der Waals surface area (Å²) in [5.41, 5.74) is -1.90. The van der Waals surface area contributed by atoms with E-state index in [9.17, 15) is 18.0 Å². The number of amides is 1. The normalized spacial score (nSPS) is 30.7. The minimum Gasteiger partial charge on any atom is -0.311 e. The van der Waals surface area contributed by atoms with E-state index in [2.05, 4.69) is 5.32 Å². The Morgan fingerprint density at radius 3 is 2.40 bits per heavy atom. The fourth-order valence-electron chi connectivity index (χ4n) is 3.07. The molecular formula is C14H23F3N2O. The SMILES string of the molecule is CCCC1NC(C(C)CC)C(=O)N1C1(C(F)(F)F)CC1. The van der Waals surface area contributed by atoms with Crippen molar-refractivity contribution in [3.8, 4) is 0 Å². The van der Waals surface area contributed by atoms with Crippen molar-refractivity contribution >= 4 is 5.91 Å². The predicted molar refractivity (Wildman–Crippen MR) is 69.9 cm³/mol. The summed E-state index contributed by atoms with van der Waals surface area (Å²) in [6.45, 7) is 5.79. The summed E-state index contributed by atoms with van der Waals surface area (Å²) in [6, 6.07) is -0.476. The van der Waals surface area contributed by atoms with Crippen LogP contribution in [0.25, 0.3) is 0 Å². The van der Waals surface area contributed by atoms with Gasteiger partial charge in [0.05, 0.1) is 12.2 Å². The number of alkyl halides is 3. The highest BCUT2D eigenvalue weighted by atomic mass is 19.4. The van der Waals surface area contributed by atoms with Crippen LogP contribution in [-0.4, -0.2) is 34.7 Å². The van der Waals surface area contributed by atoms with Gasteiger partial charge in [0.1, 0.15) is 5.54 Å². The lowest BCUT2D eigenvalue weighted by molar-refractivity contribution is -0.202. The maximum Gasteiger partial charge on any atom is 0.411 e. The van der Waals surface area contributed by atoms with Crippen LogP contribution in [-0.2, 0) is 4.79 Å². The van der Waals surface area contributed by atoms with Crippen molar-refractivity contribution in [1.82, 2.24) is 10.2 Å². The van der Waals surface area contributed by atoms with Gasteiger partial charge in [-0.25, -0.2) is 0 Å². The van der Waals surface area contributed by atoms with E-state index in [-0.39, 0.29) is 24.7 Å². The second-order valence-electron chi connectivity index (χ2n) is 6.07. The van der Waals surface area contributed by atoms with E-state index in [4.69, 9.17) is 0 Å². The molecule has 1 aliphatic carbocycles. The maximum absolute atomic E-state index is 13.3. The summed E-state index contributed by atoms with van der Waals surface area (Å²) in [7, 11) is 0. The van der Waals surface area contributed by atoms with Crippen molar-refractivity contribution in [3.05, 3.63) is 0 Å². The Kier molecular flexibility index (Phi) is 4.06. The average molecular weight is 292 g/mol. The van der Waals surface area contributed by atoms with E-state index in [1.165, 1.54) is 0 Å². The second kappa shape index (κ2) is 5.20. The number of hydrogen-bond acceptors (Lipinski definition) is 2. The Balaban J connectivity index is 2.27. The predicted octanol–water partition coefficient (Wildman–Crippen LogP) is 3.05. The Bertz CT molecular complexity index is 379. The molecule has 1 saturated carbocycles. The molecule has 0 aromatic heterocycles. The van der Waals surface area contributed by atoms with E-state index in [0.717, 1.165) is 17.7 Å². The quantitative estimate of drug-likeness (QED) is 0.844. The molecule has 1 saturated heterocycles. The Labute approximate surface area is 117 Å². The highest BCUT2D eigenvalue weighted by Crippen LogP contribution is 2.55. The Morgan fingerprint density at radius 2 is 2.00 bits per heavy atom. The molecule has 1 heterocycles. The van der Waals surface area contributed by atoms with Gasteiger partial charge in [-0.3, -0.25) is 10.1 Å². The second-order valence-corrected chi connectivity index (χ2v) is 6.07. The molecule has 0 radical (unpaired) electrons. The van der Waals surface area contributed by atoms with Gasteiger partial charge in [0.25, 0.3) is 0 Å². The molecule has 6 heteroatoms. The third-order valence-corrected chi connectivity index (χ3v) is 4.67. The van der Waals surface area contributed by atoms with Crippen LogP contribution < -0.4 is 5.32 Å². The summed E-state index contributed by atoms with van der Waals surface area (Å²) < 4.78 is 40.0. The molecule has 0 spiro atoms. The highest BCUT2D eigenvalue weighted by Gasteiger charge is 2.70. The molecule has 20 heavy (non-hydrogen) atoms. The number of nitrogens with one attached hydrogen (secondary N) is 1. The minimum absolute atomic E-state index is 0.0390. The Hall–Kier alpha value is -0.780. The van der Waals surface area contributed by atoms with Crippen molar-refractivity contribution in [1.29, 1.82) is 0 Å². The lowest BCUT2D eigenvalue weighted by atomic mass is 9.99. The monoisotopic (exact) mass is 292 g/mol. The van der Waals surface area contributed by atoms with Crippen molar-refractivity contribution in [2.75, 3.05) is 0 Å². The molecule has 3 atom stereocenters. The van der Waals surface area contributed by atoms with Crippen LogP contribution in [0.1, 0.15) is 52.9 Å². The summed E-state index contributed by atoms with van der Waals surface area (Å²) in [5, 5.41) is 3.14. The van der Waals surface area contributed by atoms with Gasteiger partial charge in [-0.05, 0) is 25.2 Å². The van der Waals surface area contributed by atoms with Gasteiger partial charge in [-0.15, -0.1) is 0 Å². The zero-order valence-electron chi connectivity index (χ0n) is 12.3. The highest BCUT2D eigenvalue weighted by molar-refractivity contribution is 5.86. The average Bonchev–Trinajstić information content (AvgIpc) is 3.10. The first-order chi connectivity index (χ1) is 9.28. The molecule has 1 amide bonds. The summed E-state index contributed by atoms with van der Waals surface area (Å²) >= 11 is 0. The van der Waals surface area contributed by atoms with Crippen molar-refractivity contribution in [2.45, 2.75) is 76.8 Å². The third kappa shape index (κ3) is 2.32. The van der Waals surface area contributed by atoms with Gasteiger partial charge in [-0.2, -0.15) is 13.2 Å². The van der Waals surface area contributed by atoms with Gasteiger partial charge in [0.2, 0.25) is 5.91 Å². The van der Waals surface area contributed by atoms with Gasteiger partial charge in [0.15, 0.2) is 0 Å². The summed E-state index contributed by atoms with van der Waals surface area (Å²) in [4.78, 5) is 13.6. The van der Waals surface area contributed by atoms with Crippen LogP contribution in [0.3, 0.4) is 0 Å². The first-order valence-electron chi connectivity index (χ1n) is 7.44. The molecule has 0 aromatic carbocycles. The molecule has 2 fully saturated rings. The molecule has 2 rings (SSSR count). The first kappa shape index (κ1) is 15.6. The molecule has 0 bridgehead atoms. The molecule has 0 aromatic rings. The van der Waals surface area contributed by atoms with Gasteiger partial charge >= 0.3 is 6.18 Å². The van der Waals surface area contributed by atoms with Crippen molar-refractivity contribution in [3.63, 3.8) is 0 Å². The number of halogens is 3. The van der Waals surface area contributed by atoms with Crippen LogP contribution in [0.5, 0.6) is 0 Å². The topological polar surface area (TPSA) is 32.3 Å². The molecular weight excluding hydrogens is 269 g/mol. The smallest absolute Gasteiger partial charge is 0.311 e. The van der Waals surface area contributed by atoms with Crippen LogP contribution >= 0.6 is 0 Å². The van der Waals surface area contributed by atoms with Gasteiger partial charge in [0, 0.05) is 0 Å². The molecule has 1 aliphatic heterocycles. The van der Waals surface area contributed by atoms with Crippen LogP contribution in [0.15, 0.2) is 0 Å². The lowest BCUT2D eigenvalue weighted by Crippen LogP contribution is -2.54. The van der Waals surface area contributed by atoms with Gasteiger partial charge < -0.3 is 4.90 Å². The summed E-state index contributed by atoms with van der Waals surface area (Å²) in [5.74, 6) is -0.316. The fraction of sp³-hybridized carbons (Fsp3) is 0.929. The van der Waals surface area contributed by atoms with E-state index in [0.29, 0.717) is 6.42 Å². The molecule has 2 aliphatic rings. The summed E-state index contributed by atoms with van der Waals surface area (Å²) in [6.07, 6.45) is -2.64. The first-order valence-corrected chi connectivity index (χ1v) is 7.44. The van der Waals surface area contributed by atoms with E-state index >= 15 is 0 Å². The van der Waals surface area contributed by atoms with Crippen LogP contribution in [0.4, 0.5) is 13.2 Å². The molecule has 3 unspecified atom stereocenters. The number of nitrogens with zero attached hydrogens (tertiary/aromatic N) is 1. The van der Waals surface area contributed by atoms with E-state index < -0.39 is 23.9 Å². The zero-order chi connectivity index (χ0) is 15.1. The molecule has 116 valence electrons. The van der Waals surface area contributed by atoms with Crippen LogP contribution in [0.2, 0.25) is 0 Å². The zero-order valence-corrected chi connectivity index (χ0v) is 12.3. The number of carbonyl (C=O) groups excluding carboxylic acids is 1. The minimum atomic E-state index is -4.33. The maximum atomic E-state index is 13.3. The third-order valence-electron chi connectivity index (χ3n) is 4.67. The number of rotatable bonds is 5. The fourth-order valence-corrected chi connectivity index (χ4v) is 3.07. The van der Waals surface area contributed by atoms with Gasteiger partial charge in [-0.1, -0.05) is 33.6 Å². The number of hydrogen-bond donors (Lipinski definition) is 1.